The van der Waals surface area contributed by atoms with Gasteiger partial charge in [-0.25, -0.2) is 0 Å². The standard InChI is InChI=1S/C10H13NO/c1-11-10-6-4-9(5-7-10)3-2-8-12/h4-8,11H,2-3H2,1H3. The van der Waals surface area contributed by atoms with Gasteiger partial charge in [-0.15, -0.1) is 0 Å². The number of hydrogen-bond acceptors (Lipinski definition) is 2. The Bertz CT molecular complexity index is 241. The average molecular weight is 163 g/mol. The van der Waals surface area contributed by atoms with Crippen molar-refractivity contribution in [2.45, 2.75) is 12.8 Å². The Morgan fingerprint density at radius 2 is 2.00 bits per heavy atom. The molecule has 0 atom stereocenters. The molecule has 0 heterocycles. The number of anilines is 1. The number of carbonyl (C=O) groups excluding carboxylic acids is 1. The fourth-order valence-corrected chi connectivity index (χ4v) is 1.06. The van der Waals surface area contributed by atoms with E-state index in [4.69, 9.17) is 0 Å². The molecule has 0 saturated carbocycles. The van der Waals surface area contributed by atoms with Crippen molar-refractivity contribution in [2.75, 3.05) is 12.4 Å². The third-order valence-corrected chi connectivity index (χ3v) is 1.79. The van der Waals surface area contributed by atoms with Crippen molar-refractivity contribution in [3.05, 3.63) is 29.8 Å². The maximum atomic E-state index is 10.1. The lowest BCUT2D eigenvalue weighted by molar-refractivity contribution is -0.107. The van der Waals surface area contributed by atoms with Gasteiger partial charge in [0.05, 0.1) is 0 Å². The molecule has 0 amide bonds. The molecular formula is C10H13NO. The van der Waals surface area contributed by atoms with Gasteiger partial charge in [0.2, 0.25) is 0 Å². The lowest BCUT2D eigenvalue weighted by Gasteiger charge is -2.00. The molecule has 0 bridgehead atoms. The fourth-order valence-electron chi connectivity index (χ4n) is 1.06. The van der Waals surface area contributed by atoms with Crippen LogP contribution in [0.1, 0.15) is 12.0 Å². The SMILES string of the molecule is CNc1ccc(CCC=O)cc1. The van der Waals surface area contributed by atoms with Gasteiger partial charge in [0.25, 0.3) is 0 Å². The van der Waals surface area contributed by atoms with E-state index in [1.54, 1.807) is 0 Å². The van der Waals surface area contributed by atoms with Crippen LogP contribution in [-0.4, -0.2) is 13.3 Å². The summed E-state index contributed by atoms with van der Waals surface area (Å²) in [6.45, 7) is 0. The predicted molar refractivity (Wildman–Crippen MR) is 50.4 cm³/mol. The molecule has 0 aliphatic rings. The van der Waals surface area contributed by atoms with Crippen molar-refractivity contribution in [3.8, 4) is 0 Å². The summed E-state index contributed by atoms with van der Waals surface area (Å²) in [5, 5.41) is 3.04. The first kappa shape index (κ1) is 8.78. The molecule has 2 nitrogen and oxygen atoms in total. The van der Waals surface area contributed by atoms with E-state index < -0.39 is 0 Å². The van der Waals surface area contributed by atoms with Crippen molar-refractivity contribution in [1.29, 1.82) is 0 Å². The Labute approximate surface area is 72.6 Å². The molecular weight excluding hydrogens is 150 g/mol. The van der Waals surface area contributed by atoms with Crippen molar-refractivity contribution in [3.63, 3.8) is 0 Å². The number of carbonyl (C=O) groups is 1. The molecule has 1 aromatic rings. The van der Waals surface area contributed by atoms with Gasteiger partial charge in [-0.3, -0.25) is 0 Å². The number of aryl methyl sites for hydroxylation is 1. The first-order valence-corrected chi connectivity index (χ1v) is 4.07. The Kier molecular flexibility index (Phi) is 3.33. The molecule has 0 aliphatic carbocycles. The van der Waals surface area contributed by atoms with E-state index in [1.165, 1.54) is 5.56 Å². The smallest absolute Gasteiger partial charge is 0.120 e. The highest BCUT2D eigenvalue weighted by Crippen LogP contribution is 2.09. The Morgan fingerprint density at radius 3 is 2.50 bits per heavy atom. The van der Waals surface area contributed by atoms with Gasteiger partial charge in [0.1, 0.15) is 6.29 Å². The molecule has 12 heavy (non-hydrogen) atoms. The Balaban J connectivity index is 2.58. The molecule has 0 unspecified atom stereocenters. The van der Waals surface area contributed by atoms with Crippen molar-refractivity contribution < 1.29 is 4.79 Å². The van der Waals surface area contributed by atoms with E-state index >= 15 is 0 Å². The maximum Gasteiger partial charge on any atom is 0.120 e. The average Bonchev–Trinajstić information content (AvgIpc) is 2.15. The van der Waals surface area contributed by atoms with E-state index in [0.29, 0.717) is 6.42 Å². The molecule has 0 spiro atoms. The zero-order chi connectivity index (χ0) is 8.81. The molecule has 1 aromatic carbocycles. The highest BCUT2D eigenvalue weighted by molar-refractivity contribution is 5.50. The van der Waals surface area contributed by atoms with Gasteiger partial charge in [-0.2, -0.15) is 0 Å². The maximum absolute atomic E-state index is 10.1. The van der Waals surface area contributed by atoms with E-state index in [0.717, 1.165) is 18.4 Å². The van der Waals surface area contributed by atoms with Gasteiger partial charge in [0, 0.05) is 19.2 Å². The van der Waals surface area contributed by atoms with Crippen LogP contribution in [0.4, 0.5) is 5.69 Å². The molecule has 0 aliphatic heterocycles. The van der Waals surface area contributed by atoms with Crippen LogP contribution in [0.3, 0.4) is 0 Å². The Hall–Kier alpha value is -1.31. The monoisotopic (exact) mass is 163 g/mol. The van der Waals surface area contributed by atoms with Crippen molar-refractivity contribution >= 4 is 12.0 Å². The van der Waals surface area contributed by atoms with Crippen LogP contribution in [0, 0.1) is 0 Å². The van der Waals surface area contributed by atoms with Crippen molar-refractivity contribution in [2.24, 2.45) is 0 Å². The van der Waals surface area contributed by atoms with Crippen LogP contribution >= 0.6 is 0 Å². The van der Waals surface area contributed by atoms with Crippen LogP contribution in [0.15, 0.2) is 24.3 Å². The molecule has 64 valence electrons. The number of hydrogen-bond donors (Lipinski definition) is 1. The van der Waals surface area contributed by atoms with Gasteiger partial charge in [-0.05, 0) is 24.1 Å². The lowest BCUT2D eigenvalue weighted by Crippen LogP contribution is -1.89. The zero-order valence-corrected chi connectivity index (χ0v) is 7.21. The number of aldehydes is 1. The van der Waals surface area contributed by atoms with Crippen LogP contribution in [0.2, 0.25) is 0 Å². The third-order valence-electron chi connectivity index (χ3n) is 1.79. The first-order valence-electron chi connectivity index (χ1n) is 4.07. The number of nitrogens with one attached hydrogen (secondary N) is 1. The molecule has 0 saturated heterocycles. The lowest BCUT2D eigenvalue weighted by atomic mass is 10.1. The summed E-state index contributed by atoms with van der Waals surface area (Å²) in [7, 11) is 1.89. The Morgan fingerprint density at radius 1 is 1.33 bits per heavy atom. The van der Waals surface area contributed by atoms with Gasteiger partial charge in [0.15, 0.2) is 0 Å². The zero-order valence-electron chi connectivity index (χ0n) is 7.21. The molecule has 0 fully saturated rings. The normalized spacial score (nSPS) is 9.42. The van der Waals surface area contributed by atoms with Gasteiger partial charge < -0.3 is 10.1 Å². The summed E-state index contributed by atoms with van der Waals surface area (Å²) in [6, 6.07) is 8.10. The first-order chi connectivity index (χ1) is 5.86. The summed E-state index contributed by atoms with van der Waals surface area (Å²) in [5.41, 5.74) is 2.31. The second kappa shape index (κ2) is 4.54. The van der Waals surface area contributed by atoms with Crippen LogP contribution in [-0.2, 0) is 11.2 Å². The van der Waals surface area contributed by atoms with E-state index in [1.807, 2.05) is 31.3 Å². The van der Waals surface area contributed by atoms with Crippen LogP contribution in [0.25, 0.3) is 0 Å². The van der Waals surface area contributed by atoms with E-state index in [9.17, 15) is 4.79 Å². The second-order valence-electron chi connectivity index (χ2n) is 2.65. The summed E-state index contributed by atoms with van der Waals surface area (Å²) in [5.74, 6) is 0. The summed E-state index contributed by atoms with van der Waals surface area (Å²) in [4.78, 5) is 10.1. The van der Waals surface area contributed by atoms with Gasteiger partial charge >= 0.3 is 0 Å². The third kappa shape index (κ3) is 2.38. The second-order valence-corrected chi connectivity index (χ2v) is 2.65. The van der Waals surface area contributed by atoms with Crippen LogP contribution in [0.5, 0.6) is 0 Å². The van der Waals surface area contributed by atoms with E-state index in [-0.39, 0.29) is 0 Å². The van der Waals surface area contributed by atoms with Crippen molar-refractivity contribution in [1.82, 2.24) is 0 Å². The minimum Gasteiger partial charge on any atom is -0.388 e. The molecule has 1 N–H and O–H groups in total. The topological polar surface area (TPSA) is 29.1 Å². The van der Waals surface area contributed by atoms with Gasteiger partial charge in [-0.1, -0.05) is 12.1 Å². The quantitative estimate of drug-likeness (QED) is 0.686. The molecule has 1 rings (SSSR count). The minimum absolute atomic E-state index is 0.610. The number of rotatable bonds is 4. The summed E-state index contributed by atoms with van der Waals surface area (Å²) >= 11 is 0. The molecule has 0 aromatic heterocycles. The molecule has 2 heteroatoms. The highest BCUT2D eigenvalue weighted by atomic mass is 16.1. The largest absolute Gasteiger partial charge is 0.388 e. The summed E-state index contributed by atoms with van der Waals surface area (Å²) in [6.07, 6.45) is 2.40. The van der Waals surface area contributed by atoms with E-state index in [2.05, 4.69) is 5.32 Å². The molecule has 0 radical (unpaired) electrons. The highest BCUT2D eigenvalue weighted by Gasteiger charge is 1.91. The minimum atomic E-state index is 0.610. The predicted octanol–water partition coefficient (Wildman–Crippen LogP) is 1.86. The summed E-state index contributed by atoms with van der Waals surface area (Å²) < 4.78 is 0. The van der Waals surface area contributed by atoms with Crippen LogP contribution < -0.4 is 5.32 Å². The fraction of sp³-hybridized carbons (Fsp3) is 0.300. The number of benzene rings is 1.